The zero-order valence-electron chi connectivity index (χ0n) is 17.8. The summed E-state index contributed by atoms with van der Waals surface area (Å²) in [7, 11) is 1.76. The molecule has 1 aromatic carbocycles. The third-order valence-corrected chi connectivity index (χ3v) is 7.31. The van der Waals surface area contributed by atoms with Crippen molar-refractivity contribution in [1.82, 2.24) is 4.90 Å². The highest BCUT2D eigenvalue weighted by Gasteiger charge is 2.45. The van der Waals surface area contributed by atoms with Crippen molar-refractivity contribution in [2.45, 2.75) is 51.3 Å². The van der Waals surface area contributed by atoms with Crippen LogP contribution in [0.5, 0.6) is 5.75 Å². The van der Waals surface area contributed by atoms with Crippen molar-refractivity contribution in [2.24, 2.45) is 11.8 Å². The second-order valence-electron chi connectivity index (χ2n) is 8.48. The zero-order chi connectivity index (χ0) is 20.5. The summed E-state index contributed by atoms with van der Waals surface area (Å²) in [5.74, 6) is 1.67. The van der Waals surface area contributed by atoms with E-state index >= 15 is 0 Å². The molecule has 0 spiro atoms. The van der Waals surface area contributed by atoms with Gasteiger partial charge >= 0.3 is 5.97 Å². The Morgan fingerprint density at radius 3 is 2.83 bits per heavy atom. The average molecular weight is 414 g/mol. The van der Waals surface area contributed by atoms with Crippen LogP contribution in [0.2, 0.25) is 0 Å². The molecule has 0 bridgehead atoms. The highest BCUT2D eigenvalue weighted by atomic mass is 32.2. The summed E-state index contributed by atoms with van der Waals surface area (Å²) >= 11 is 1.89. The number of hydrogen-bond acceptors (Lipinski definition) is 5. The van der Waals surface area contributed by atoms with Gasteiger partial charge in [0.2, 0.25) is 0 Å². The van der Waals surface area contributed by atoms with Crippen molar-refractivity contribution in [3.8, 4) is 5.75 Å². The highest BCUT2D eigenvalue weighted by molar-refractivity contribution is 8.03. The molecule has 29 heavy (non-hydrogen) atoms. The second kappa shape index (κ2) is 8.47. The lowest BCUT2D eigenvalue weighted by Gasteiger charge is -2.39. The summed E-state index contributed by atoms with van der Waals surface area (Å²) in [5, 5.41) is 2.67. The molecule has 3 atom stereocenters. The van der Waals surface area contributed by atoms with E-state index in [2.05, 4.69) is 48.4 Å². The van der Waals surface area contributed by atoms with Gasteiger partial charge in [0.25, 0.3) is 0 Å². The molecule has 0 amide bonds. The topological polar surface area (TPSA) is 38.8 Å². The van der Waals surface area contributed by atoms with Gasteiger partial charge in [0, 0.05) is 17.7 Å². The van der Waals surface area contributed by atoms with Crippen LogP contribution in [0.15, 0.2) is 35.4 Å². The lowest BCUT2D eigenvalue weighted by molar-refractivity contribution is -0.140. The molecular formula is C24H31NO3S. The number of hydrogen-bond donors (Lipinski definition) is 0. The van der Waals surface area contributed by atoms with Crippen LogP contribution in [0.1, 0.15) is 49.9 Å². The van der Waals surface area contributed by atoms with Crippen LogP contribution in [0, 0.1) is 11.8 Å². The third kappa shape index (κ3) is 3.81. The minimum atomic E-state index is -0.185. The summed E-state index contributed by atoms with van der Waals surface area (Å²) in [4.78, 5) is 15.0. The Labute approximate surface area is 178 Å². The zero-order valence-corrected chi connectivity index (χ0v) is 18.6. The van der Waals surface area contributed by atoms with E-state index in [0.717, 1.165) is 37.3 Å². The molecule has 3 heterocycles. The quantitative estimate of drug-likeness (QED) is 0.621. The summed E-state index contributed by atoms with van der Waals surface area (Å²) in [6.45, 7) is 7.60. The van der Waals surface area contributed by atoms with Crippen LogP contribution in [0.3, 0.4) is 0 Å². The minimum absolute atomic E-state index is 0.185. The van der Waals surface area contributed by atoms with Crippen LogP contribution in [-0.4, -0.2) is 36.4 Å². The first kappa shape index (κ1) is 20.4. The fraction of sp³-hybridized carbons (Fsp3) is 0.542. The molecule has 3 aliphatic heterocycles. The maximum Gasteiger partial charge on any atom is 0.354 e. The van der Waals surface area contributed by atoms with Crippen molar-refractivity contribution < 1.29 is 14.3 Å². The minimum Gasteiger partial charge on any atom is -0.496 e. The summed E-state index contributed by atoms with van der Waals surface area (Å²) in [6.07, 6.45) is 7.40. The molecule has 4 nitrogen and oxygen atoms in total. The van der Waals surface area contributed by atoms with Gasteiger partial charge in [-0.15, -0.1) is 11.8 Å². The molecule has 1 aromatic rings. The first-order valence-electron chi connectivity index (χ1n) is 10.7. The van der Waals surface area contributed by atoms with Gasteiger partial charge in [-0.3, -0.25) is 0 Å². The van der Waals surface area contributed by atoms with E-state index in [1.807, 2.05) is 18.7 Å². The molecule has 3 unspecified atom stereocenters. The van der Waals surface area contributed by atoms with Crippen molar-refractivity contribution in [2.75, 3.05) is 20.3 Å². The first-order chi connectivity index (χ1) is 14.0. The lowest BCUT2D eigenvalue weighted by Crippen LogP contribution is -2.38. The van der Waals surface area contributed by atoms with E-state index < -0.39 is 0 Å². The summed E-state index contributed by atoms with van der Waals surface area (Å²) < 4.78 is 11.1. The fourth-order valence-electron chi connectivity index (χ4n) is 4.92. The van der Waals surface area contributed by atoms with E-state index in [1.165, 1.54) is 16.7 Å². The number of benzene rings is 1. The molecule has 0 saturated heterocycles. The summed E-state index contributed by atoms with van der Waals surface area (Å²) in [5.41, 5.74) is 4.74. The van der Waals surface area contributed by atoms with Gasteiger partial charge in [-0.1, -0.05) is 19.9 Å². The van der Waals surface area contributed by atoms with E-state index in [9.17, 15) is 4.79 Å². The normalized spacial score (nSPS) is 25.1. The molecule has 5 heteroatoms. The molecule has 0 aliphatic carbocycles. The van der Waals surface area contributed by atoms with Gasteiger partial charge < -0.3 is 14.4 Å². The van der Waals surface area contributed by atoms with Gasteiger partial charge in [0.05, 0.1) is 19.8 Å². The van der Waals surface area contributed by atoms with Crippen LogP contribution in [0.25, 0.3) is 0 Å². The first-order valence-corrected chi connectivity index (χ1v) is 11.6. The SMILES string of the molecule is CCOC(=O)C1=CC(C2CC=CS2)C2c3cc(CC(C)C)c(OC)cc3CCN12. The van der Waals surface area contributed by atoms with E-state index in [0.29, 0.717) is 23.7 Å². The van der Waals surface area contributed by atoms with Crippen molar-refractivity contribution in [3.63, 3.8) is 0 Å². The van der Waals surface area contributed by atoms with Gasteiger partial charge in [-0.05, 0) is 72.4 Å². The van der Waals surface area contributed by atoms with Gasteiger partial charge in [-0.2, -0.15) is 0 Å². The number of allylic oxidation sites excluding steroid dienone is 1. The number of fused-ring (bicyclic) bond motifs is 3. The predicted molar refractivity (Wildman–Crippen MR) is 118 cm³/mol. The Bertz CT molecular complexity index is 837. The number of rotatable bonds is 6. The Morgan fingerprint density at radius 2 is 2.17 bits per heavy atom. The monoisotopic (exact) mass is 413 g/mol. The van der Waals surface area contributed by atoms with Gasteiger partial charge in [0.15, 0.2) is 0 Å². The molecule has 4 rings (SSSR count). The Morgan fingerprint density at radius 1 is 1.34 bits per heavy atom. The molecular weight excluding hydrogens is 382 g/mol. The van der Waals surface area contributed by atoms with Crippen LogP contribution < -0.4 is 4.74 Å². The molecule has 0 N–H and O–H groups in total. The van der Waals surface area contributed by atoms with E-state index in [1.54, 1.807) is 7.11 Å². The van der Waals surface area contributed by atoms with Crippen LogP contribution in [-0.2, 0) is 22.4 Å². The summed E-state index contributed by atoms with van der Waals surface area (Å²) in [6, 6.07) is 4.80. The molecule has 0 fully saturated rings. The number of methoxy groups -OCH3 is 1. The van der Waals surface area contributed by atoms with Gasteiger partial charge in [0.1, 0.15) is 11.4 Å². The number of carbonyl (C=O) groups excluding carboxylic acids is 1. The van der Waals surface area contributed by atoms with Crippen LogP contribution in [0.4, 0.5) is 0 Å². The fourth-order valence-corrected chi connectivity index (χ4v) is 5.98. The lowest BCUT2D eigenvalue weighted by atomic mass is 9.83. The smallest absolute Gasteiger partial charge is 0.354 e. The Kier molecular flexibility index (Phi) is 5.95. The average Bonchev–Trinajstić information content (AvgIpc) is 3.35. The second-order valence-corrected chi connectivity index (χ2v) is 9.63. The van der Waals surface area contributed by atoms with Crippen molar-refractivity contribution in [3.05, 3.63) is 52.1 Å². The maximum absolute atomic E-state index is 12.7. The molecule has 0 saturated carbocycles. The number of nitrogens with zero attached hydrogens (tertiary/aromatic N) is 1. The number of thioether (sulfide) groups is 1. The maximum atomic E-state index is 12.7. The standard InChI is InChI=1S/C24H31NO3S/c1-5-28-24(26)20-14-19(22-7-6-10-29-22)23-18-12-17(11-15(2)3)21(27-4)13-16(18)8-9-25(20)23/h6,10,12-15,19,22-23H,5,7-9,11H2,1-4H3. The molecule has 0 aromatic heterocycles. The van der Waals surface area contributed by atoms with Crippen molar-refractivity contribution in [1.29, 1.82) is 0 Å². The number of ether oxygens (including phenoxy) is 2. The molecule has 0 radical (unpaired) electrons. The van der Waals surface area contributed by atoms with Gasteiger partial charge in [-0.25, -0.2) is 4.79 Å². The Balaban J connectivity index is 1.75. The molecule has 3 aliphatic rings. The molecule has 156 valence electrons. The van der Waals surface area contributed by atoms with Crippen LogP contribution >= 0.6 is 11.8 Å². The van der Waals surface area contributed by atoms with E-state index in [-0.39, 0.29) is 12.0 Å². The number of esters is 1. The third-order valence-electron chi connectivity index (χ3n) is 6.10. The largest absolute Gasteiger partial charge is 0.496 e. The number of carbonyl (C=O) groups is 1. The van der Waals surface area contributed by atoms with Crippen molar-refractivity contribution >= 4 is 17.7 Å². The highest BCUT2D eigenvalue weighted by Crippen LogP contribution is 2.50. The predicted octanol–water partition coefficient (Wildman–Crippen LogP) is 4.89. The van der Waals surface area contributed by atoms with E-state index in [4.69, 9.17) is 9.47 Å². The Hall–Kier alpha value is -1.88.